The molecule has 0 fully saturated rings. The average Bonchev–Trinajstić information content (AvgIpc) is 2.69. The van der Waals surface area contributed by atoms with E-state index in [0.29, 0.717) is 41.4 Å². The Balaban J connectivity index is 1.96. The third-order valence-corrected chi connectivity index (χ3v) is 7.63. The fourth-order valence-corrected chi connectivity index (χ4v) is 5.23. The van der Waals surface area contributed by atoms with Crippen LogP contribution in [0.3, 0.4) is 0 Å². The number of rotatable bonds is 7. The van der Waals surface area contributed by atoms with Crippen LogP contribution in [0.25, 0.3) is 11.0 Å². The monoisotopic (exact) mass is 428 g/mol. The van der Waals surface area contributed by atoms with Crippen LogP contribution in [0.15, 0.2) is 50.5 Å². The first-order valence-corrected chi connectivity index (χ1v) is 11.5. The maximum Gasteiger partial charge on any atom is 0.336 e. The lowest BCUT2D eigenvalue weighted by molar-refractivity contribution is 0.445. The van der Waals surface area contributed by atoms with E-state index >= 15 is 0 Å². The minimum atomic E-state index is -3.56. The Morgan fingerprint density at radius 2 is 1.60 bits per heavy atom. The van der Waals surface area contributed by atoms with E-state index < -0.39 is 15.6 Å². The number of benzene rings is 2. The van der Waals surface area contributed by atoms with Gasteiger partial charge in [-0.15, -0.1) is 0 Å². The van der Waals surface area contributed by atoms with Gasteiger partial charge in [-0.2, -0.15) is 4.31 Å². The Labute approximate surface area is 177 Å². The zero-order valence-electron chi connectivity index (χ0n) is 18.1. The summed E-state index contributed by atoms with van der Waals surface area (Å²) in [7, 11) is -3.56. The van der Waals surface area contributed by atoms with E-state index in [2.05, 4.69) is 5.32 Å². The summed E-state index contributed by atoms with van der Waals surface area (Å²) >= 11 is 0. The minimum Gasteiger partial charge on any atom is -0.423 e. The molecule has 0 bridgehead atoms. The van der Waals surface area contributed by atoms with E-state index in [9.17, 15) is 13.2 Å². The molecule has 1 aromatic heterocycles. The lowest BCUT2D eigenvalue weighted by atomic mass is 10.0. The van der Waals surface area contributed by atoms with Crippen LogP contribution >= 0.6 is 0 Å². The van der Waals surface area contributed by atoms with Gasteiger partial charge in [0.2, 0.25) is 10.0 Å². The van der Waals surface area contributed by atoms with Crippen molar-refractivity contribution in [1.29, 1.82) is 0 Å². The number of hydrogen-bond donors (Lipinski definition) is 1. The highest BCUT2D eigenvalue weighted by Gasteiger charge is 2.23. The highest BCUT2D eigenvalue weighted by atomic mass is 32.2. The minimum absolute atomic E-state index is 0.292. The number of aryl methyl sites for hydroxylation is 3. The number of fused-ring (bicyclic) bond motifs is 1. The lowest BCUT2D eigenvalue weighted by Crippen LogP contribution is -2.31. The first-order valence-electron chi connectivity index (χ1n) is 10.1. The molecule has 1 heterocycles. The molecule has 6 nitrogen and oxygen atoms in total. The number of sulfonamides is 1. The number of anilines is 1. The van der Waals surface area contributed by atoms with Gasteiger partial charge in [-0.25, -0.2) is 13.2 Å². The molecule has 0 atom stereocenters. The van der Waals surface area contributed by atoms with Gasteiger partial charge in [-0.1, -0.05) is 19.9 Å². The number of nitrogens with one attached hydrogen (secondary N) is 1. The van der Waals surface area contributed by atoms with E-state index in [1.807, 2.05) is 45.9 Å². The van der Waals surface area contributed by atoms with Crippen LogP contribution in [-0.4, -0.2) is 25.8 Å². The Kier molecular flexibility index (Phi) is 6.33. The third-order valence-electron chi connectivity index (χ3n) is 5.44. The van der Waals surface area contributed by atoms with Crippen molar-refractivity contribution < 1.29 is 12.8 Å². The van der Waals surface area contributed by atoms with Gasteiger partial charge in [0, 0.05) is 36.8 Å². The van der Waals surface area contributed by atoms with E-state index in [1.165, 1.54) is 10.4 Å². The van der Waals surface area contributed by atoms with Gasteiger partial charge in [0.05, 0.1) is 4.90 Å². The first kappa shape index (κ1) is 22.1. The summed E-state index contributed by atoms with van der Waals surface area (Å²) in [5.74, 6) is 0. The van der Waals surface area contributed by atoms with Crippen molar-refractivity contribution in [2.75, 3.05) is 18.4 Å². The summed E-state index contributed by atoms with van der Waals surface area (Å²) in [6, 6.07) is 10.7. The standard InChI is InChI=1S/C23H28N2O4S/c1-6-25(7-2)30(27,28)22-13-19(9-8-15(22)3)24-14-18-12-23(26)29-21-11-17(5)16(4)10-20(18)21/h8-13,24H,6-7,14H2,1-5H3. The van der Waals surface area contributed by atoms with Gasteiger partial charge < -0.3 is 9.73 Å². The average molecular weight is 429 g/mol. The Bertz CT molecular complexity index is 1240. The van der Waals surface area contributed by atoms with Crippen molar-refractivity contribution in [3.8, 4) is 0 Å². The first-order chi connectivity index (χ1) is 14.2. The fraction of sp³-hybridized carbons (Fsp3) is 0.348. The maximum atomic E-state index is 13.0. The molecule has 30 heavy (non-hydrogen) atoms. The molecule has 3 rings (SSSR count). The molecule has 2 aromatic carbocycles. The summed E-state index contributed by atoms with van der Waals surface area (Å²) in [6.07, 6.45) is 0. The topological polar surface area (TPSA) is 79.6 Å². The largest absolute Gasteiger partial charge is 0.423 e. The van der Waals surface area contributed by atoms with Crippen molar-refractivity contribution in [2.45, 2.75) is 46.1 Å². The second-order valence-corrected chi connectivity index (χ2v) is 9.35. The van der Waals surface area contributed by atoms with Gasteiger partial charge >= 0.3 is 5.63 Å². The van der Waals surface area contributed by atoms with E-state index in [-0.39, 0.29) is 0 Å². The van der Waals surface area contributed by atoms with E-state index in [4.69, 9.17) is 4.42 Å². The fourth-order valence-electron chi connectivity index (χ4n) is 3.52. The maximum absolute atomic E-state index is 13.0. The smallest absolute Gasteiger partial charge is 0.336 e. The number of nitrogens with zero attached hydrogens (tertiary/aromatic N) is 1. The molecule has 0 amide bonds. The molecule has 0 saturated heterocycles. The molecular formula is C23H28N2O4S. The quantitative estimate of drug-likeness (QED) is 0.566. The van der Waals surface area contributed by atoms with Crippen molar-refractivity contribution >= 4 is 26.7 Å². The molecule has 0 spiro atoms. The van der Waals surface area contributed by atoms with Crippen LogP contribution in [0.4, 0.5) is 5.69 Å². The van der Waals surface area contributed by atoms with Gasteiger partial charge in [0.1, 0.15) is 5.58 Å². The van der Waals surface area contributed by atoms with Crippen LogP contribution in [0.2, 0.25) is 0 Å². The van der Waals surface area contributed by atoms with Crippen molar-refractivity contribution in [1.82, 2.24) is 4.31 Å². The Morgan fingerprint density at radius 3 is 2.27 bits per heavy atom. The lowest BCUT2D eigenvalue weighted by Gasteiger charge is -2.20. The van der Waals surface area contributed by atoms with Crippen molar-refractivity contribution in [2.24, 2.45) is 0 Å². The summed E-state index contributed by atoms with van der Waals surface area (Å²) in [4.78, 5) is 12.3. The van der Waals surface area contributed by atoms with E-state index in [0.717, 1.165) is 22.1 Å². The normalized spacial score (nSPS) is 11.9. The van der Waals surface area contributed by atoms with Crippen LogP contribution in [0, 0.1) is 20.8 Å². The summed E-state index contributed by atoms with van der Waals surface area (Å²) in [5.41, 5.74) is 4.49. The summed E-state index contributed by atoms with van der Waals surface area (Å²) in [5, 5.41) is 4.13. The Hall–Kier alpha value is -2.64. The van der Waals surface area contributed by atoms with E-state index in [1.54, 1.807) is 19.1 Å². The van der Waals surface area contributed by atoms with Crippen LogP contribution in [0.5, 0.6) is 0 Å². The number of hydrogen-bond acceptors (Lipinski definition) is 5. The molecule has 7 heteroatoms. The predicted molar refractivity (Wildman–Crippen MR) is 121 cm³/mol. The van der Waals surface area contributed by atoms with Crippen LogP contribution < -0.4 is 10.9 Å². The molecule has 0 aliphatic rings. The molecule has 0 saturated carbocycles. The molecule has 0 aliphatic heterocycles. The molecule has 0 aliphatic carbocycles. The third kappa shape index (κ3) is 4.27. The summed E-state index contributed by atoms with van der Waals surface area (Å²) < 4.78 is 32.7. The van der Waals surface area contributed by atoms with Gasteiger partial charge in [0.25, 0.3) is 0 Å². The second-order valence-electron chi connectivity index (χ2n) is 7.45. The molecule has 3 aromatic rings. The highest BCUT2D eigenvalue weighted by Crippen LogP contribution is 2.26. The van der Waals surface area contributed by atoms with Crippen LogP contribution in [-0.2, 0) is 16.6 Å². The molecule has 0 unspecified atom stereocenters. The molecule has 160 valence electrons. The molecular weight excluding hydrogens is 400 g/mol. The summed E-state index contributed by atoms with van der Waals surface area (Å²) in [6.45, 7) is 10.6. The highest BCUT2D eigenvalue weighted by molar-refractivity contribution is 7.89. The van der Waals surface area contributed by atoms with Gasteiger partial charge in [0.15, 0.2) is 0 Å². The molecule has 0 radical (unpaired) electrons. The SMILES string of the molecule is CCN(CC)S(=O)(=O)c1cc(NCc2cc(=O)oc3cc(C)c(C)cc23)ccc1C. The molecule has 1 N–H and O–H groups in total. The Morgan fingerprint density at radius 1 is 0.933 bits per heavy atom. The predicted octanol–water partition coefficient (Wildman–Crippen LogP) is 4.36. The van der Waals surface area contributed by atoms with Gasteiger partial charge in [-0.3, -0.25) is 0 Å². The van der Waals surface area contributed by atoms with Gasteiger partial charge in [-0.05, 0) is 67.3 Å². The van der Waals surface area contributed by atoms with Crippen LogP contribution in [0.1, 0.15) is 36.1 Å². The zero-order valence-corrected chi connectivity index (χ0v) is 18.9. The second kappa shape index (κ2) is 8.62. The zero-order chi connectivity index (χ0) is 22.1. The van der Waals surface area contributed by atoms with Crippen molar-refractivity contribution in [3.05, 3.63) is 69.1 Å². The van der Waals surface area contributed by atoms with Crippen molar-refractivity contribution in [3.63, 3.8) is 0 Å².